The van der Waals surface area contributed by atoms with Crippen LogP contribution in [0, 0.1) is 0 Å². The van der Waals surface area contributed by atoms with Crippen LogP contribution in [0.3, 0.4) is 0 Å². The summed E-state index contributed by atoms with van der Waals surface area (Å²) >= 11 is 2.83. The van der Waals surface area contributed by atoms with Gasteiger partial charge in [-0.15, -0.1) is 0 Å². The molecule has 1 unspecified atom stereocenters. The zero-order valence-electron chi connectivity index (χ0n) is 10.3. The summed E-state index contributed by atoms with van der Waals surface area (Å²) in [5.41, 5.74) is 6.78. The van der Waals surface area contributed by atoms with Crippen LogP contribution in [-0.2, 0) is 12.8 Å². The normalized spacial score (nSPS) is 12.6. The van der Waals surface area contributed by atoms with E-state index in [0.717, 1.165) is 28.6 Å². The minimum atomic E-state index is 0.127. The van der Waals surface area contributed by atoms with Crippen LogP contribution in [0.1, 0.15) is 25.2 Å². The van der Waals surface area contributed by atoms with Crippen molar-refractivity contribution in [1.29, 1.82) is 0 Å². The summed E-state index contributed by atoms with van der Waals surface area (Å²) in [7, 11) is 0. The number of rotatable bonds is 5. The molecule has 0 aliphatic carbocycles. The maximum absolute atomic E-state index is 5.73. The Morgan fingerprint density at radius 3 is 2.67 bits per heavy atom. The van der Waals surface area contributed by atoms with Crippen LogP contribution in [0.2, 0.25) is 0 Å². The van der Waals surface area contributed by atoms with Gasteiger partial charge in [0.05, 0.1) is 0 Å². The number of aromatic nitrogens is 4. The summed E-state index contributed by atoms with van der Waals surface area (Å²) in [6, 6.07) is 0.127. The molecule has 0 aliphatic rings. The monoisotopic (exact) mass is 281 g/mol. The second-order valence-corrected chi connectivity index (χ2v) is 5.95. The number of hydrogen-bond donors (Lipinski definition) is 1. The zero-order valence-corrected chi connectivity index (χ0v) is 12.0. The van der Waals surface area contributed by atoms with Gasteiger partial charge in [-0.3, -0.25) is 0 Å². The van der Waals surface area contributed by atoms with Crippen molar-refractivity contribution in [3.05, 3.63) is 23.8 Å². The molecule has 1 atom stereocenters. The fourth-order valence-corrected chi connectivity index (χ4v) is 2.88. The average Bonchev–Trinajstić information content (AvgIpc) is 2.79. The zero-order chi connectivity index (χ0) is 13.0. The second-order valence-electron chi connectivity index (χ2n) is 3.99. The van der Waals surface area contributed by atoms with Crippen molar-refractivity contribution in [2.75, 3.05) is 0 Å². The Morgan fingerprint density at radius 1 is 1.39 bits per heavy atom. The van der Waals surface area contributed by atoms with E-state index < -0.39 is 0 Å². The molecule has 7 heteroatoms. The van der Waals surface area contributed by atoms with E-state index in [1.165, 1.54) is 23.3 Å². The lowest BCUT2D eigenvalue weighted by molar-refractivity contribution is 0.727. The molecule has 2 aromatic rings. The molecule has 0 aliphatic heterocycles. The first-order chi connectivity index (χ1) is 8.67. The number of aryl methyl sites for hydroxylation is 1. The standard InChI is InChI=1S/C11H15N5S2/c1-3-9-15-11(18-16-9)17-10-13-5-8(6-14-10)4-7(2)12/h5-7H,3-4,12H2,1-2H3. The number of nitrogens with two attached hydrogens (primary N) is 1. The first-order valence-corrected chi connectivity index (χ1v) is 7.33. The molecule has 0 spiro atoms. The molecule has 5 nitrogen and oxygen atoms in total. The Bertz CT molecular complexity index is 494. The van der Waals surface area contributed by atoms with Gasteiger partial charge >= 0.3 is 0 Å². The van der Waals surface area contributed by atoms with E-state index >= 15 is 0 Å². The van der Waals surface area contributed by atoms with Crippen molar-refractivity contribution in [3.8, 4) is 0 Å². The van der Waals surface area contributed by atoms with Crippen LogP contribution in [0.15, 0.2) is 21.9 Å². The summed E-state index contributed by atoms with van der Waals surface area (Å²) in [5.74, 6) is 0.871. The Morgan fingerprint density at radius 2 is 2.11 bits per heavy atom. The van der Waals surface area contributed by atoms with Gasteiger partial charge in [-0.2, -0.15) is 4.37 Å². The minimum Gasteiger partial charge on any atom is -0.328 e. The molecule has 18 heavy (non-hydrogen) atoms. The Kier molecular flexibility index (Phi) is 4.62. The van der Waals surface area contributed by atoms with Gasteiger partial charge in [0.25, 0.3) is 0 Å². The summed E-state index contributed by atoms with van der Waals surface area (Å²) < 4.78 is 5.11. The highest BCUT2D eigenvalue weighted by molar-refractivity contribution is 8.00. The van der Waals surface area contributed by atoms with Crippen molar-refractivity contribution in [1.82, 2.24) is 19.3 Å². The highest BCUT2D eigenvalue weighted by atomic mass is 32.2. The van der Waals surface area contributed by atoms with Gasteiger partial charge in [0.2, 0.25) is 0 Å². The molecule has 0 saturated carbocycles. The van der Waals surface area contributed by atoms with Crippen molar-refractivity contribution in [2.45, 2.75) is 42.2 Å². The topological polar surface area (TPSA) is 77.6 Å². The van der Waals surface area contributed by atoms with E-state index in [1.54, 1.807) is 0 Å². The third-order valence-electron chi connectivity index (χ3n) is 2.18. The van der Waals surface area contributed by atoms with Gasteiger partial charge in [0.15, 0.2) is 9.50 Å². The molecule has 0 bridgehead atoms. The summed E-state index contributed by atoms with van der Waals surface area (Å²) in [5, 5.41) is 0.697. The second kappa shape index (κ2) is 6.21. The summed E-state index contributed by atoms with van der Waals surface area (Å²) in [6.07, 6.45) is 5.29. The molecule has 2 aromatic heterocycles. The Balaban J connectivity index is 2.01. The Labute approximate surface area is 114 Å². The van der Waals surface area contributed by atoms with E-state index in [-0.39, 0.29) is 6.04 Å². The first-order valence-electron chi connectivity index (χ1n) is 5.74. The fraction of sp³-hybridized carbons (Fsp3) is 0.455. The van der Waals surface area contributed by atoms with E-state index in [9.17, 15) is 0 Å². The van der Waals surface area contributed by atoms with Crippen molar-refractivity contribution < 1.29 is 0 Å². The first kappa shape index (κ1) is 13.4. The van der Waals surface area contributed by atoms with Crippen LogP contribution >= 0.6 is 23.3 Å². The fourth-order valence-electron chi connectivity index (χ4n) is 1.37. The Hall–Kier alpha value is -1.05. The molecule has 0 aromatic carbocycles. The average molecular weight is 281 g/mol. The molecule has 2 heterocycles. The van der Waals surface area contributed by atoms with Crippen molar-refractivity contribution in [3.63, 3.8) is 0 Å². The molecular weight excluding hydrogens is 266 g/mol. The quantitative estimate of drug-likeness (QED) is 0.844. The summed E-state index contributed by atoms with van der Waals surface area (Å²) in [4.78, 5) is 13.0. The maximum atomic E-state index is 5.73. The van der Waals surface area contributed by atoms with E-state index in [0.29, 0.717) is 5.16 Å². The van der Waals surface area contributed by atoms with Crippen molar-refractivity contribution in [2.24, 2.45) is 5.73 Å². The lowest BCUT2D eigenvalue weighted by atomic mass is 10.1. The van der Waals surface area contributed by atoms with Crippen LogP contribution in [0.25, 0.3) is 0 Å². The predicted octanol–water partition coefficient (Wildman–Crippen LogP) is 1.93. The lowest BCUT2D eigenvalue weighted by Crippen LogP contribution is -2.17. The van der Waals surface area contributed by atoms with Crippen molar-refractivity contribution >= 4 is 23.3 Å². The number of hydrogen-bond acceptors (Lipinski definition) is 7. The van der Waals surface area contributed by atoms with Gasteiger partial charge in [-0.25, -0.2) is 15.0 Å². The van der Waals surface area contributed by atoms with Crippen LogP contribution in [-0.4, -0.2) is 25.4 Å². The molecule has 0 saturated heterocycles. The SMILES string of the molecule is CCc1nsc(Sc2ncc(CC(C)N)cn2)n1. The summed E-state index contributed by atoms with van der Waals surface area (Å²) in [6.45, 7) is 4.01. The highest BCUT2D eigenvalue weighted by Crippen LogP contribution is 2.25. The third-order valence-corrected chi connectivity index (χ3v) is 3.87. The molecule has 0 radical (unpaired) electrons. The molecule has 2 rings (SSSR count). The minimum absolute atomic E-state index is 0.127. The molecule has 0 amide bonds. The van der Waals surface area contributed by atoms with Gasteiger partial charge in [0, 0.05) is 24.9 Å². The van der Waals surface area contributed by atoms with Gasteiger partial charge in [-0.05, 0) is 42.2 Å². The smallest absolute Gasteiger partial charge is 0.194 e. The third kappa shape index (κ3) is 3.72. The van der Waals surface area contributed by atoms with E-state index in [4.69, 9.17) is 5.73 Å². The van der Waals surface area contributed by atoms with Crippen LogP contribution in [0.4, 0.5) is 0 Å². The van der Waals surface area contributed by atoms with Gasteiger partial charge < -0.3 is 5.73 Å². The highest BCUT2D eigenvalue weighted by Gasteiger charge is 2.07. The van der Waals surface area contributed by atoms with Gasteiger partial charge in [0.1, 0.15) is 5.82 Å². The van der Waals surface area contributed by atoms with E-state index in [1.807, 2.05) is 26.2 Å². The molecule has 96 valence electrons. The number of nitrogens with zero attached hydrogens (tertiary/aromatic N) is 4. The van der Waals surface area contributed by atoms with Crippen LogP contribution < -0.4 is 5.73 Å². The van der Waals surface area contributed by atoms with Gasteiger partial charge in [-0.1, -0.05) is 6.92 Å². The largest absolute Gasteiger partial charge is 0.328 e. The lowest BCUT2D eigenvalue weighted by Gasteiger charge is -2.04. The maximum Gasteiger partial charge on any atom is 0.194 e. The molecule has 0 fully saturated rings. The van der Waals surface area contributed by atoms with E-state index in [2.05, 4.69) is 19.3 Å². The van der Waals surface area contributed by atoms with Crippen LogP contribution in [0.5, 0.6) is 0 Å². The molecule has 2 N–H and O–H groups in total. The predicted molar refractivity (Wildman–Crippen MR) is 72.8 cm³/mol. The molecular formula is C11H15N5S2.